The molecule has 0 atom stereocenters. The lowest BCUT2D eigenvalue weighted by Crippen LogP contribution is -2.14. The molecule has 1 heterocycles. The van der Waals surface area contributed by atoms with Gasteiger partial charge in [0.2, 0.25) is 0 Å². The highest BCUT2D eigenvalue weighted by Crippen LogP contribution is 2.27. The quantitative estimate of drug-likeness (QED) is 0.839. The fourth-order valence-corrected chi connectivity index (χ4v) is 1.90. The van der Waals surface area contributed by atoms with Gasteiger partial charge >= 0.3 is 6.18 Å². The first kappa shape index (κ1) is 12.0. The SMILES string of the molecule is O=c1cc[nH]c2c(Cl)ccc(CC(F)(F)F)c12. The number of rotatable bonds is 1. The molecule has 90 valence electrons. The van der Waals surface area contributed by atoms with E-state index < -0.39 is 18.0 Å². The topological polar surface area (TPSA) is 32.9 Å². The largest absolute Gasteiger partial charge is 0.393 e. The van der Waals surface area contributed by atoms with Gasteiger partial charge in [0.1, 0.15) is 0 Å². The number of H-pyrrole nitrogens is 1. The predicted octanol–water partition coefficient (Wildman–Crippen LogP) is 3.29. The highest BCUT2D eigenvalue weighted by atomic mass is 35.5. The van der Waals surface area contributed by atoms with Crippen LogP contribution < -0.4 is 5.43 Å². The van der Waals surface area contributed by atoms with E-state index in [-0.39, 0.29) is 21.5 Å². The van der Waals surface area contributed by atoms with Crippen LogP contribution in [0.3, 0.4) is 0 Å². The third-order valence-electron chi connectivity index (χ3n) is 2.34. The highest BCUT2D eigenvalue weighted by Gasteiger charge is 2.29. The molecule has 1 N–H and O–H groups in total. The smallest absolute Gasteiger partial charge is 0.360 e. The molecule has 0 saturated carbocycles. The first-order valence-electron chi connectivity index (χ1n) is 4.74. The fraction of sp³-hybridized carbons (Fsp3) is 0.182. The second kappa shape index (κ2) is 4.07. The maximum absolute atomic E-state index is 12.4. The van der Waals surface area contributed by atoms with E-state index in [4.69, 9.17) is 11.6 Å². The lowest BCUT2D eigenvalue weighted by atomic mass is 10.1. The van der Waals surface area contributed by atoms with E-state index >= 15 is 0 Å². The minimum absolute atomic E-state index is 0.00248. The van der Waals surface area contributed by atoms with E-state index in [9.17, 15) is 18.0 Å². The summed E-state index contributed by atoms with van der Waals surface area (Å²) in [6.45, 7) is 0. The van der Waals surface area contributed by atoms with Crippen LogP contribution in [0, 0.1) is 0 Å². The molecule has 0 spiro atoms. The summed E-state index contributed by atoms with van der Waals surface area (Å²) in [7, 11) is 0. The van der Waals surface area contributed by atoms with Crippen LogP contribution >= 0.6 is 11.6 Å². The van der Waals surface area contributed by atoms with Crippen LogP contribution in [0.4, 0.5) is 13.2 Å². The molecule has 6 heteroatoms. The Morgan fingerprint density at radius 2 is 1.94 bits per heavy atom. The minimum atomic E-state index is -4.36. The third-order valence-corrected chi connectivity index (χ3v) is 2.66. The van der Waals surface area contributed by atoms with Crippen LogP contribution in [0.1, 0.15) is 5.56 Å². The van der Waals surface area contributed by atoms with Gasteiger partial charge in [-0.15, -0.1) is 0 Å². The zero-order valence-corrected chi connectivity index (χ0v) is 9.19. The van der Waals surface area contributed by atoms with Crippen LogP contribution in [0.2, 0.25) is 5.02 Å². The molecule has 0 unspecified atom stereocenters. The van der Waals surface area contributed by atoms with Crippen molar-refractivity contribution in [3.05, 3.63) is 45.2 Å². The van der Waals surface area contributed by atoms with Crippen molar-refractivity contribution in [1.82, 2.24) is 4.98 Å². The first-order chi connectivity index (χ1) is 7.88. The Balaban J connectivity index is 2.73. The number of hydrogen-bond acceptors (Lipinski definition) is 1. The maximum Gasteiger partial charge on any atom is 0.393 e. The zero-order chi connectivity index (χ0) is 12.6. The van der Waals surface area contributed by atoms with E-state index in [1.807, 2.05) is 0 Å². The fourth-order valence-electron chi connectivity index (χ4n) is 1.69. The van der Waals surface area contributed by atoms with Crippen LogP contribution in [0.5, 0.6) is 0 Å². The van der Waals surface area contributed by atoms with E-state index in [0.29, 0.717) is 0 Å². The van der Waals surface area contributed by atoms with Gasteiger partial charge in [0, 0.05) is 12.3 Å². The van der Waals surface area contributed by atoms with Crippen molar-refractivity contribution in [3.63, 3.8) is 0 Å². The predicted molar refractivity (Wildman–Crippen MR) is 59.3 cm³/mol. The molecular weight excluding hydrogens is 255 g/mol. The van der Waals surface area contributed by atoms with E-state index in [0.717, 1.165) is 0 Å². The summed E-state index contributed by atoms with van der Waals surface area (Å²) in [5.74, 6) is 0. The van der Waals surface area contributed by atoms with Crippen molar-refractivity contribution >= 4 is 22.5 Å². The van der Waals surface area contributed by atoms with Gasteiger partial charge in [-0.25, -0.2) is 0 Å². The second-order valence-electron chi connectivity index (χ2n) is 3.59. The number of halogens is 4. The van der Waals surface area contributed by atoms with Crippen molar-refractivity contribution in [2.24, 2.45) is 0 Å². The Labute approximate surface area is 99.0 Å². The van der Waals surface area contributed by atoms with Gasteiger partial charge in [-0.2, -0.15) is 13.2 Å². The Hall–Kier alpha value is -1.49. The Morgan fingerprint density at radius 1 is 1.24 bits per heavy atom. The van der Waals surface area contributed by atoms with E-state index in [1.165, 1.54) is 24.4 Å². The normalized spacial score (nSPS) is 12.0. The Morgan fingerprint density at radius 3 is 2.59 bits per heavy atom. The molecule has 2 nitrogen and oxygen atoms in total. The molecule has 0 aliphatic heterocycles. The summed E-state index contributed by atoms with van der Waals surface area (Å²) in [5, 5.41) is 0.223. The van der Waals surface area contributed by atoms with Crippen molar-refractivity contribution in [2.75, 3.05) is 0 Å². The molecule has 17 heavy (non-hydrogen) atoms. The summed E-state index contributed by atoms with van der Waals surface area (Å²) >= 11 is 5.82. The van der Waals surface area contributed by atoms with Crippen LogP contribution in [0.15, 0.2) is 29.2 Å². The van der Waals surface area contributed by atoms with Crippen LogP contribution in [-0.4, -0.2) is 11.2 Å². The number of benzene rings is 1. The van der Waals surface area contributed by atoms with Crippen LogP contribution in [-0.2, 0) is 6.42 Å². The monoisotopic (exact) mass is 261 g/mol. The van der Waals surface area contributed by atoms with E-state index in [2.05, 4.69) is 4.98 Å². The number of alkyl halides is 3. The molecule has 0 bridgehead atoms. The minimum Gasteiger partial charge on any atom is -0.360 e. The number of pyridine rings is 1. The summed E-state index contributed by atoms with van der Waals surface area (Å²) in [6, 6.07) is 3.76. The molecule has 1 aromatic carbocycles. The Bertz CT molecular complexity index is 618. The third kappa shape index (κ3) is 2.44. The maximum atomic E-state index is 12.4. The van der Waals surface area contributed by atoms with Crippen molar-refractivity contribution in [1.29, 1.82) is 0 Å². The van der Waals surface area contributed by atoms with Gasteiger partial charge in [0.15, 0.2) is 5.43 Å². The first-order valence-corrected chi connectivity index (χ1v) is 5.12. The van der Waals surface area contributed by atoms with Gasteiger partial charge in [-0.3, -0.25) is 4.79 Å². The van der Waals surface area contributed by atoms with Gasteiger partial charge in [0.25, 0.3) is 0 Å². The summed E-state index contributed by atoms with van der Waals surface area (Å²) in [4.78, 5) is 14.3. The number of aromatic nitrogens is 1. The Kier molecular flexibility index (Phi) is 2.87. The van der Waals surface area contributed by atoms with Crippen LogP contribution in [0.25, 0.3) is 10.9 Å². The molecule has 0 amide bonds. The lowest BCUT2D eigenvalue weighted by molar-refractivity contribution is -0.127. The second-order valence-corrected chi connectivity index (χ2v) is 4.00. The average molecular weight is 262 g/mol. The molecule has 0 aliphatic rings. The summed E-state index contributed by atoms with van der Waals surface area (Å²) < 4.78 is 37.1. The van der Waals surface area contributed by atoms with Crippen molar-refractivity contribution < 1.29 is 13.2 Å². The highest BCUT2D eigenvalue weighted by molar-refractivity contribution is 6.35. The van der Waals surface area contributed by atoms with Gasteiger partial charge in [-0.05, 0) is 11.6 Å². The average Bonchev–Trinajstić information content (AvgIpc) is 2.21. The van der Waals surface area contributed by atoms with Gasteiger partial charge in [-0.1, -0.05) is 17.7 Å². The van der Waals surface area contributed by atoms with Gasteiger partial charge < -0.3 is 4.98 Å². The molecule has 2 aromatic rings. The molecule has 1 aromatic heterocycles. The molecule has 0 aliphatic carbocycles. The number of nitrogens with one attached hydrogen (secondary N) is 1. The zero-order valence-electron chi connectivity index (χ0n) is 8.44. The van der Waals surface area contributed by atoms with Crippen molar-refractivity contribution in [2.45, 2.75) is 12.6 Å². The molecule has 0 saturated heterocycles. The standard InChI is InChI=1S/C11H7ClF3NO/c12-7-2-1-6(5-11(13,14)15)9-8(17)3-4-16-10(7)9/h1-4H,5H2,(H,16,17). The molecule has 0 radical (unpaired) electrons. The van der Waals surface area contributed by atoms with E-state index in [1.54, 1.807) is 0 Å². The molecular formula is C11H7ClF3NO. The number of fused-ring (bicyclic) bond motifs is 1. The summed E-state index contributed by atoms with van der Waals surface area (Å²) in [5.41, 5.74) is -0.305. The lowest BCUT2D eigenvalue weighted by Gasteiger charge is -2.09. The number of hydrogen-bond donors (Lipinski definition) is 1. The van der Waals surface area contributed by atoms with Gasteiger partial charge in [0.05, 0.1) is 22.3 Å². The molecule has 2 rings (SSSR count). The summed E-state index contributed by atoms with van der Waals surface area (Å²) in [6.07, 6.45) is -4.15. The number of aromatic amines is 1. The van der Waals surface area contributed by atoms with Crippen molar-refractivity contribution in [3.8, 4) is 0 Å². The molecule has 0 fully saturated rings.